The molecule has 0 saturated heterocycles. The van der Waals surface area contributed by atoms with Gasteiger partial charge in [0, 0.05) is 28.8 Å². The predicted octanol–water partition coefficient (Wildman–Crippen LogP) is 2.91. The molecule has 14 heavy (non-hydrogen) atoms. The van der Waals surface area contributed by atoms with Gasteiger partial charge in [0.05, 0.1) is 0 Å². The van der Waals surface area contributed by atoms with Crippen LogP contribution in [0, 0.1) is 0 Å². The van der Waals surface area contributed by atoms with Gasteiger partial charge < -0.3 is 5.73 Å². The van der Waals surface area contributed by atoms with E-state index < -0.39 is 0 Å². The predicted molar refractivity (Wildman–Crippen MR) is 59.4 cm³/mol. The summed E-state index contributed by atoms with van der Waals surface area (Å²) in [7, 11) is 0. The molecule has 3 heteroatoms. The van der Waals surface area contributed by atoms with Crippen LogP contribution in [-0.2, 0) is 0 Å². The molecular weight excluding hydrogens is 196 g/mol. The van der Waals surface area contributed by atoms with E-state index >= 15 is 0 Å². The second-order valence-corrected chi connectivity index (χ2v) is 3.82. The Kier molecular flexibility index (Phi) is 2.40. The normalized spacial score (nSPS) is 13.1. The van der Waals surface area contributed by atoms with Gasteiger partial charge in [0.15, 0.2) is 0 Å². The molecule has 1 heterocycles. The molecule has 0 amide bonds. The summed E-state index contributed by atoms with van der Waals surface area (Å²) in [6.07, 6.45) is 3.56. The minimum atomic E-state index is -0.0152. The van der Waals surface area contributed by atoms with Gasteiger partial charge in [-0.15, -0.1) is 0 Å². The number of hydrogen-bond acceptors (Lipinski definition) is 2. The molecule has 1 unspecified atom stereocenters. The minimum Gasteiger partial charge on any atom is -0.324 e. The van der Waals surface area contributed by atoms with Crippen molar-refractivity contribution >= 4 is 22.4 Å². The second kappa shape index (κ2) is 3.56. The first kappa shape index (κ1) is 9.44. The van der Waals surface area contributed by atoms with Crippen molar-refractivity contribution in [3.63, 3.8) is 0 Å². The van der Waals surface area contributed by atoms with E-state index in [-0.39, 0.29) is 6.04 Å². The topological polar surface area (TPSA) is 38.9 Å². The first-order chi connectivity index (χ1) is 6.68. The molecule has 1 aromatic carbocycles. The van der Waals surface area contributed by atoms with Crippen molar-refractivity contribution < 1.29 is 0 Å². The molecule has 0 fully saturated rings. The summed E-state index contributed by atoms with van der Waals surface area (Å²) < 4.78 is 0. The molecule has 2 nitrogen and oxygen atoms in total. The SMILES string of the molecule is CC(N)c1cc(Cl)cc2cnccc12. The lowest BCUT2D eigenvalue weighted by Gasteiger charge is -2.10. The van der Waals surface area contributed by atoms with Gasteiger partial charge >= 0.3 is 0 Å². The molecule has 0 saturated carbocycles. The van der Waals surface area contributed by atoms with Crippen molar-refractivity contribution in [1.29, 1.82) is 0 Å². The standard InChI is InChI=1S/C11H11ClN2/c1-7(13)11-5-9(12)4-8-6-14-3-2-10(8)11/h2-7H,13H2,1H3. The Hall–Kier alpha value is -1.12. The average molecular weight is 207 g/mol. The van der Waals surface area contributed by atoms with Gasteiger partial charge in [-0.3, -0.25) is 4.98 Å². The zero-order valence-corrected chi connectivity index (χ0v) is 8.62. The van der Waals surface area contributed by atoms with Crippen LogP contribution in [0.3, 0.4) is 0 Å². The number of halogens is 1. The van der Waals surface area contributed by atoms with E-state index in [1.807, 2.05) is 25.1 Å². The van der Waals surface area contributed by atoms with Crippen molar-refractivity contribution in [1.82, 2.24) is 4.98 Å². The Bertz CT molecular complexity index is 466. The number of benzene rings is 1. The Labute approximate surface area is 87.7 Å². The molecule has 1 aromatic heterocycles. The van der Waals surface area contributed by atoms with Gasteiger partial charge in [0.2, 0.25) is 0 Å². The van der Waals surface area contributed by atoms with Gasteiger partial charge in [-0.05, 0) is 36.1 Å². The summed E-state index contributed by atoms with van der Waals surface area (Å²) in [5.41, 5.74) is 6.93. The monoisotopic (exact) mass is 206 g/mol. The van der Waals surface area contributed by atoms with Crippen LogP contribution in [0.4, 0.5) is 0 Å². The molecule has 2 aromatic rings. The summed E-state index contributed by atoms with van der Waals surface area (Å²) in [5.74, 6) is 0. The first-order valence-electron chi connectivity index (χ1n) is 4.47. The minimum absolute atomic E-state index is 0.0152. The van der Waals surface area contributed by atoms with Gasteiger partial charge in [0.1, 0.15) is 0 Å². The van der Waals surface area contributed by atoms with Gasteiger partial charge in [-0.2, -0.15) is 0 Å². The number of aromatic nitrogens is 1. The van der Waals surface area contributed by atoms with Crippen LogP contribution in [0.1, 0.15) is 18.5 Å². The van der Waals surface area contributed by atoms with Crippen molar-refractivity contribution in [2.75, 3.05) is 0 Å². The molecule has 72 valence electrons. The quantitative estimate of drug-likeness (QED) is 0.779. The van der Waals surface area contributed by atoms with E-state index in [1.54, 1.807) is 12.4 Å². The smallest absolute Gasteiger partial charge is 0.0416 e. The number of hydrogen-bond donors (Lipinski definition) is 1. The Morgan fingerprint density at radius 1 is 1.43 bits per heavy atom. The van der Waals surface area contributed by atoms with Crippen molar-refractivity contribution in [3.05, 3.63) is 41.2 Å². The Morgan fingerprint density at radius 2 is 2.21 bits per heavy atom. The lowest BCUT2D eigenvalue weighted by Crippen LogP contribution is -2.05. The van der Waals surface area contributed by atoms with Crippen molar-refractivity contribution in [2.24, 2.45) is 5.73 Å². The number of pyridine rings is 1. The van der Waals surface area contributed by atoms with Crippen LogP contribution in [0.25, 0.3) is 10.8 Å². The maximum Gasteiger partial charge on any atom is 0.0416 e. The number of fused-ring (bicyclic) bond motifs is 1. The van der Waals surface area contributed by atoms with E-state index in [1.165, 1.54) is 0 Å². The summed E-state index contributed by atoms with van der Waals surface area (Å²) in [5, 5.41) is 2.87. The molecule has 0 bridgehead atoms. The third kappa shape index (κ3) is 1.59. The third-order valence-corrected chi connectivity index (χ3v) is 2.46. The van der Waals surface area contributed by atoms with E-state index in [0.717, 1.165) is 16.3 Å². The fraction of sp³-hybridized carbons (Fsp3) is 0.182. The third-order valence-electron chi connectivity index (χ3n) is 2.24. The average Bonchev–Trinajstić information content (AvgIpc) is 2.16. The highest BCUT2D eigenvalue weighted by atomic mass is 35.5. The van der Waals surface area contributed by atoms with Crippen molar-refractivity contribution in [2.45, 2.75) is 13.0 Å². The summed E-state index contributed by atoms with van der Waals surface area (Å²) in [6, 6.07) is 5.76. The molecule has 0 spiro atoms. The van der Waals surface area contributed by atoms with E-state index in [9.17, 15) is 0 Å². The highest BCUT2D eigenvalue weighted by Gasteiger charge is 2.06. The summed E-state index contributed by atoms with van der Waals surface area (Å²) >= 11 is 5.98. The molecule has 0 aliphatic rings. The maximum absolute atomic E-state index is 5.98. The number of nitrogens with two attached hydrogens (primary N) is 1. The molecule has 2 N–H and O–H groups in total. The first-order valence-corrected chi connectivity index (χ1v) is 4.85. The van der Waals surface area contributed by atoms with Crippen molar-refractivity contribution in [3.8, 4) is 0 Å². The zero-order valence-electron chi connectivity index (χ0n) is 7.87. The Balaban J connectivity index is 2.80. The summed E-state index contributed by atoms with van der Waals surface area (Å²) in [4.78, 5) is 4.05. The van der Waals surface area contributed by atoms with Crippen LogP contribution in [0.15, 0.2) is 30.6 Å². The lowest BCUT2D eigenvalue weighted by atomic mass is 10.0. The highest BCUT2D eigenvalue weighted by molar-refractivity contribution is 6.31. The Morgan fingerprint density at radius 3 is 2.93 bits per heavy atom. The number of nitrogens with zero attached hydrogens (tertiary/aromatic N) is 1. The van der Waals surface area contributed by atoms with E-state index in [4.69, 9.17) is 17.3 Å². The van der Waals surface area contributed by atoms with Gasteiger partial charge in [-0.1, -0.05) is 11.6 Å². The van der Waals surface area contributed by atoms with Crippen LogP contribution in [0.5, 0.6) is 0 Å². The maximum atomic E-state index is 5.98. The fourth-order valence-corrected chi connectivity index (χ4v) is 1.81. The van der Waals surface area contributed by atoms with E-state index in [0.29, 0.717) is 5.02 Å². The molecular formula is C11H11ClN2. The summed E-state index contributed by atoms with van der Waals surface area (Å²) in [6.45, 7) is 1.95. The molecule has 1 atom stereocenters. The largest absolute Gasteiger partial charge is 0.324 e. The molecule has 0 aliphatic carbocycles. The van der Waals surface area contributed by atoms with Crippen LogP contribution in [0.2, 0.25) is 5.02 Å². The molecule has 0 aliphatic heterocycles. The second-order valence-electron chi connectivity index (χ2n) is 3.38. The van der Waals surface area contributed by atoms with Crippen LogP contribution in [-0.4, -0.2) is 4.98 Å². The molecule has 0 radical (unpaired) electrons. The van der Waals surface area contributed by atoms with Crippen LogP contribution < -0.4 is 5.73 Å². The zero-order chi connectivity index (χ0) is 10.1. The highest BCUT2D eigenvalue weighted by Crippen LogP contribution is 2.26. The van der Waals surface area contributed by atoms with E-state index in [2.05, 4.69) is 4.98 Å². The number of rotatable bonds is 1. The van der Waals surface area contributed by atoms with Gasteiger partial charge in [-0.25, -0.2) is 0 Å². The molecule has 2 rings (SSSR count). The van der Waals surface area contributed by atoms with Gasteiger partial charge in [0.25, 0.3) is 0 Å². The van der Waals surface area contributed by atoms with Crippen LogP contribution >= 0.6 is 11.6 Å². The fourth-order valence-electron chi connectivity index (χ4n) is 1.58. The lowest BCUT2D eigenvalue weighted by molar-refractivity contribution is 0.826.